The fourth-order valence-corrected chi connectivity index (χ4v) is 2.87. The zero-order chi connectivity index (χ0) is 17.3. The van der Waals surface area contributed by atoms with Gasteiger partial charge in [0.15, 0.2) is 11.0 Å². The van der Waals surface area contributed by atoms with Crippen molar-refractivity contribution in [2.24, 2.45) is 0 Å². The molecule has 1 heterocycles. The van der Waals surface area contributed by atoms with Gasteiger partial charge in [-0.1, -0.05) is 53.2 Å². The van der Waals surface area contributed by atoms with E-state index >= 15 is 0 Å². The standard InChI is InChI=1S/C16H10BrClF3N3.CH4/c17-9-4-5-10-12(6-9)16(24-23-14(10)18)22-7-8-2-1-3-11(13(8)19)15(20)21;/h1-6,15H,7H2,(H,22,24);1H4. The fraction of sp³-hybridized carbons (Fsp3) is 0.176. The Kier molecular flexibility index (Phi) is 6.24. The van der Waals surface area contributed by atoms with Crippen LogP contribution < -0.4 is 5.32 Å². The Morgan fingerprint density at radius 1 is 1.12 bits per heavy atom. The van der Waals surface area contributed by atoms with E-state index in [2.05, 4.69) is 31.4 Å². The van der Waals surface area contributed by atoms with Crippen LogP contribution in [0, 0.1) is 5.82 Å². The zero-order valence-electron chi connectivity index (χ0n) is 12.0. The molecule has 3 aromatic rings. The second kappa shape index (κ2) is 8.01. The largest absolute Gasteiger partial charge is 0.364 e. The lowest BCUT2D eigenvalue weighted by atomic mass is 10.1. The van der Waals surface area contributed by atoms with Crippen molar-refractivity contribution >= 4 is 44.1 Å². The van der Waals surface area contributed by atoms with Gasteiger partial charge in [-0.2, -0.15) is 0 Å². The first-order valence-electron chi connectivity index (χ1n) is 6.88. The summed E-state index contributed by atoms with van der Waals surface area (Å²) < 4.78 is 40.4. The summed E-state index contributed by atoms with van der Waals surface area (Å²) in [6.45, 7) is -0.00960. The van der Waals surface area contributed by atoms with Gasteiger partial charge in [0, 0.05) is 27.4 Å². The van der Waals surface area contributed by atoms with Crippen molar-refractivity contribution in [3.05, 3.63) is 63.0 Å². The number of benzene rings is 2. The van der Waals surface area contributed by atoms with Crippen LogP contribution in [-0.2, 0) is 6.54 Å². The van der Waals surface area contributed by atoms with Gasteiger partial charge in [0.2, 0.25) is 0 Å². The molecule has 0 radical (unpaired) electrons. The van der Waals surface area contributed by atoms with Crippen molar-refractivity contribution in [2.75, 3.05) is 5.32 Å². The molecule has 0 saturated carbocycles. The molecule has 0 aliphatic carbocycles. The third-order valence-electron chi connectivity index (χ3n) is 3.49. The summed E-state index contributed by atoms with van der Waals surface area (Å²) in [4.78, 5) is 0. The molecule has 0 bridgehead atoms. The van der Waals surface area contributed by atoms with Crippen LogP contribution >= 0.6 is 27.5 Å². The van der Waals surface area contributed by atoms with E-state index in [1.54, 1.807) is 12.1 Å². The summed E-state index contributed by atoms with van der Waals surface area (Å²) in [5.74, 6) is -0.537. The first-order valence-corrected chi connectivity index (χ1v) is 8.05. The van der Waals surface area contributed by atoms with Gasteiger partial charge < -0.3 is 5.32 Å². The fourth-order valence-electron chi connectivity index (χ4n) is 2.31. The number of fused-ring (bicyclic) bond motifs is 1. The molecule has 3 rings (SSSR count). The van der Waals surface area contributed by atoms with E-state index in [0.717, 1.165) is 10.5 Å². The summed E-state index contributed by atoms with van der Waals surface area (Å²) in [6, 6.07) is 9.28. The number of anilines is 1. The van der Waals surface area contributed by atoms with Gasteiger partial charge >= 0.3 is 0 Å². The van der Waals surface area contributed by atoms with Gasteiger partial charge in [-0.05, 0) is 18.2 Å². The molecule has 0 aliphatic heterocycles. The smallest absolute Gasteiger partial charge is 0.266 e. The monoisotopic (exact) mass is 431 g/mol. The van der Waals surface area contributed by atoms with E-state index in [0.29, 0.717) is 16.6 Å². The first kappa shape index (κ1) is 19.5. The van der Waals surface area contributed by atoms with E-state index < -0.39 is 17.8 Å². The highest BCUT2D eigenvalue weighted by Crippen LogP contribution is 2.30. The van der Waals surface area contributed by atoms with Crippen LogP contribution in [0.5, 0.6) is 0 Å². The van der Waals surface area contributed by atoms with Crippen molar-refractivity contribution in [1.82, 2.24) is 10.2 Å². The number of rotatable bonds is 4. The Morgan fingerprint density at radius 3 is 2.60 bits per heavy atom. The highest BCUT2D eigenvalue weighted by atomic mass is 79.9. The molecule has 8 heteroatoms. The maximum atomic E-state index is 14.1. The molecule has 0 aliphatic rings. The van der Waals surface area contributed by atoms with Gasteiger partial charge in [-0.25, -0.2) is 13.2 Å². The van der Waals surface area contributed by atoms with E-state index in [1.807, 2.05) is 6.07 Å². The Labute approximate surface area is 156 Å². The molecule has 0 fully saturated rings. The Morgan fingerprint density at radius 2 is 1.88 bits per heavy atom. The van der Waals surface area contributed by atoms with Crippen LogP contribution in [0.2, 0.25) is 5.15 Å². The number of hydrogen-bond donors (Lipinski definition) is 1. The van der Waals surface area contributed by atoms with Gasteiger partial charge in [-0.3, -0.25) is 0 Å². The Hall–Kier alpha value is -1.86. The number of hydrogen-bond acceptors (Lipinski definition) is 3. The summed E-state index contributed by atoms with van der Waals surface area (Å²) >= 11 is 9.38. The van der Waals surface area contributed by atoms with Crippen LogP contribution in [0.4, 0.5) is 19.0 Å². The minimum atomic E-state index is -2.86. The maximum absolute atomic E-state index is 14.1. The van der Waals surface area contributed by atoms with Crippen LogP contribution in [-0.4, -0.2) is 10.2 Å². The lowest BCUT2D eigenvalue weighted by molar-refractivity contribution is 0.146. The number of alkyl halides is 2. The molecule has 3 nitrogen and oxygen atoms in total. The Balaban J connectivity index is 0.00000225. The lowest BCUT2D eigenvalue weighted by Crippen LogP contribution is -2.06. The van der Waals surface area contributed by atoms with Crippen molar-refractivity contribution in [2.45, 2.75) is 20.4 Å². The highest BCUT2D eigenvalue weighted by molar-refractivity contribution is 9.10. The quantitative estimate of drug-likeness (QED) is 0.520. The van der Waals surface area contributed by atoms with Gasteiger partial charge in [0.1, 0.15) is 5.82 Å². The topological polar surface area (TPSA) is 37.8 Å². The van der Waals surface area contributed by atoms with E-state index in [1.165, 1.54) is 12.1 Å². The molecule has 132 valence electrons. The number of aromatic nitrogens is 2. The zero-order valence-corrected chi connectivity index (χ0v) is 14.4. The molecule has 1 N–H and O–H groups in total. The van der Waals surface area contributed by atoms with Gasteiger partial charge in [0.05, 0.1) is 5.56 Å². The summed E-state index contributed by atoms with van der Waals surface area (Å²) in [7, 11) is 0. The second-order valence-electron chi connectivity index (χ2n) is 5.00. The van der Waals surface area contributed by atoms with E-state index in [-0.39, 0.29) is 24.7 Å². The van der Waals surface area contributed by atoms with Crippen molar-refractivity contribution in [3.8, 4) is 0 Å². The van der Waals surface area contributed by atoms with Gasteiger partial charge in [-0.15, -0.1) is 10.2 Å². The SMILES string of the molecule is C.Fc1c(CNc2nnc(Cl)c3ccc(Br)cc23)cccc1C(F)F. The predicted molar refractivity (Wildman–Crippen MR) is 97.7 cm³/mol. The number of nitrogens with zero attached hydrogens (tertiary/aromatic N) is 2. The number of nitrogens with one attached hydrogen (secondary N) is 1. The molecule has 25 heavy (non-hydrogen) atoms. The maximum Gasteiger partial charge on any atom is 0.266 e. The van der Waals surface area contributed by atoms with Crippen LogP contribution in [0.1, 0.15) is 25.0 Å². The molecule has 0 saturated heterocycles. The van der Waals surface area contributed by atoms with Gasteiger partial charge in [0.25, 0.3) is 6.43 Å². The molecule has 1 aromatic heterocycles. The summed E-state index contributed by atoms with van der Waals surface area (Å²) in [5, 5.41) is 12.3. The lowest BCUT2D eigenvalue weighted by Gasteiger charge is -2.11. The minimum Gasteiger partial charge on any atom is -0.364 e. The molecule has 2 aromatic carbocycles. The molecular weight excluding hydrogens is 419 g/mol. The normalized spacial score (nSPS) is 10.8. The highest BCUT2D eigenvalue weighted by Gasteiger charge is 2.16. The molecule has 0 atom stereocenters. The van der Waals surface area contributed by atoms with E-state index in [9.17, 15) is 13.2 Å². The second-order valence-corrected chi connectivity index (χ2v) is 6.28. The molecule has 0 unspecified atom stereocenters. The molecular formula is C17H14BrClF3N3. The third-order valence-corrected chi connectivity index (χ3v) is 4.26. The van der Waals surface area contributed by atoms with Crippen molar-refractivity contribution in [1.29, 1.82) is 0 Å². The summed E-state index contributed by atoms with van der Waals surface area (Å²) in [5.41, 5.74) is -0.503. The van der Waals surface area contributed by atoms with Crippen LogP contribution in [0.3, 0.4) is 0 Å². The Bertz CT molecular complexity index is 906. The first-order chi connectivity index (χ1) is 11.5. The minimum absolute atomic E-state index is 0. The molecule has 0 spiro atoms. The molecule has 0 amide bonds. The summed E-state index contributed by atoms with van der Waals surface area (Å²) in [6.07, 6.45) is -2.86. The van der Waals surface area contributed by atoms with E-state index in [4.69, 9.17) is 11.6 Å². The van der Waals surface area contributed by atoms with Crippen LogP contribution in [0.25, 0.3) is 10.8 Å². The number of halogens is 5. The third kappa shape index (κ3) is 4.04. The van der Waals surface area contributed by atoms with Crippen LogP contribution in [0.15, 0.2) is 40.9 Å². The predicted octanol–water partition coefficient (Wildman–Crippen LogP) is 6.37. The average Bonchev–Trinajstić information content (AvgIpc) is 2.55. The van der Waals surface area contributed by atoms with Crippen molar-refractivity contribution in [3.63, 3.8) is 0 Å². The average molecular weight is 433 g/mol. The van der Waals surface area contributed by atoms with Crippen molar-refractivity contribution < 1.29 is 13.2 Å².